The van der Waals surface area contributed by atoms with Crippen LogP contribution in [-0.2, 0) is 4.79 Å². The van der Waals surface area contributed by atoms with Gasteiger partial charge in [0, 0.05) is 38.3 Å². The fourth-order valence-electron chi connectivity index (χ4n) is 3.29. The molecule has 138 valence electrons. The summed E-state index contributed by atoms with van der Waals surface area (Å²) < 4.78 is 0. The molecule has 1 saturated carbocycles. The molecule has 1 aliphatic carbocycles. The van der Waals surface area contributed by atoms with Crippen LogP contribution in [0.25, 0.3) is 0 Å². The summed E-state index contributed by atoms with van der Waals surface area (Å²) in [5.74, 6) is 1.24. The zero-order valence-electron chi connectivity index (χ0n) is 14.7. The summed E-state index contributed by atoms with van der Waals surface area (Å²) in [4.78, 5) is 25.5. The number of nitrogens with one attached hydrogen (secondary N) is 1. The van der Waals surface area contributed by atoms with E-state index in [1.165, 1.54) is 31.0 Å². The number of piperazine rings is 1. The fourth-order valence-corrected chi connectivity index (χ4v) is 4.19. The van der Waals surface area contributed by atoms with Crippen LogP contribution in [0.15, 0.2) is 11.2 Å². The third-order valence-corrected chi connectivity index (χ3v) is 5.83. The largest absolute Gasteiger partial charge is 0.354 e. The van der Waals surface area contributed by atoms with Gasteiger partial charge in [0.25, 0.3) is 0 Å². The second kappa shape index (κ2) is 9.05. The van der Waals surface area contributed by atoms with Crippen molar-refractivity contribution in [1.82, 2.24) is 20.2 Å². The van der Waals surface area contributed by atoms with Crippen molar-refractivity contribution in [3.63, 3.8) is 0 Å². The molecule has 8 heteroatoms. The molecular formula is C17H26ClN5OS. The Morgan fingerprint density at radius 3 is 2.68 bits per heavy atom. The lowest BCUT2D eigenvalue weighted by Crippen LogP contribution is -2.44. The molecule has 2 heterocycles. The molecule has 0 aromatic carbocycles. The summed E-state index contributed by atoms with van der Waals surface area (Å²) in [7, 11) is 2.12. The van der Waals surface area contributed by atoms with Crippen molar-refractivity contribution in [2.75, 3.05) is 43.9 Å². The van der Waals surface area contributed by atoms with Gasteiger partial charge in [-0.2, -0.15) is 0 Å². The first-order chi connectivity index (χ1) is 12.1. The summed E-state index contributed by atoms with van der Waals surface area (Å²) in [6, 6.07) is 2.14. The molecule has 1 aromatic heterocycles. The Bertz CT molecular complexity index is 588. The zero-order chi connectivity index (χ0) is 17.6. The van der Waals surface area contributed by atoms with Crippen molar-refractivity contribution in [3.05, 3.63) is 11.2 Å². The second-order valence-electron chi connectivity index (χ2n) is 6.81. The molecule has 0 atom stereocenters. The Morgan fingerprint density at radius 1 is 1.24 bits per heavy atom. The van der Waals surface area contributed by atoms with Crippen LogP contribution in [0.2, 0.25) is 5.15 Å². The SMILES string of the molecule is CN1CCN(c2cc(Cl)nc(SCC(=O)NC3CCCCC3)n2)CC1. The molecule has 2 fully saturated rings. The minimum Gasteiger partial charge on any atom is -0.354 e. The monoisotopic (exact) mass is 383 g/mol. The van der Waals surface area contributed by atoms with E-state index in [0.717, 1.165) is 44.8 Å². The van der Waals surface area contributed by atoms with E-state index in [9.17, 15) is 4.79 Å². The van der Waals surface area contributed by atoms with Crippen LogP contribution in [0, 0.1) is 0 Å². The maximum absolute atomic E-state index is 12.2. The molecule has 1 aromatic rings. The molecule has 1 amide bonds. The molecule has 0 unspecified atom stereocenters. The standard InChI is InChI=1S/C17H26ClN5OS/c1-22-7-9-23(10-8-22)15-11-14(18)20-17(21-15)25-12-16(24)19-13-5-3-2-4-6-13/h11,13H,2-10,12H2,1H3,(H,19,24). The number of anilines is 1. The first kappa shape index (κ1) is 18.7. The lowest BCUT2D eigenvalue weighted by Gasteiger charge is -2.33. The molecule has 6 nitrogen and oxygen atoms in total. The van der Waals surface area contributed by atoms with Gasteiger partial charge in [0.2, 0.25) is 5.91 Å². The van der Waals surface area contributed by atoms with Crippen LogP contribution in [0.3, 0.4) is 0 Å². The highest BCUT2D eigenvalue weighted by molar-refractivity contribution is 7.99. The van der Waals surface area contributed by atoms with Crippen molar-refractivity contribution in [3.8, 4) is 0 Å². The van der Waals surface area contributed by atoms with E-state index in [1.807, 2.05) is 0 Å². The molecule has 0 spiro atoms. The number of carbonyl (C=O) groups is 1. The summed E-state index contributed by atoms with van der Waals surface area (Å²) in [5.41, 5.74) is 0. The highest BCUT2D eigenvalue weighted by Gasteiger charge is 2.18. The number of amides is 1. The van der Waals surface area contributed by atoms with Gasteiger partial charge >= 0.3 is 0 Å². The Balaban J connectivity index is 1.54. The van der Waals surface area contributed by atoms with E-state index in [-0.39, 0.29) is 5.91 Å². The lowest BCUT2D eigenvalue weighted by atomic mass is 9.95. The smallest absolute Gasteiger partial charge is 0.230 e. The van der Waals surface area contributed by atoms with Crippen LogP contribution in [-0.4, -0.2) is 65.8 Å². The average Bonchev–Trinajstić information content (AvgIpc) is 2.61. The Hall–Kier alpha value is -1.05. The topological polar surface area (TPSA) is 61.4 Å². The molecule has 1 aliphatic heterocycles. The number of hydrogen-bond donors (Lipinski definition) is 1. The quantitative estimate of drug-likeness (QED) is 0.478. The molecular weight excluding hydrogens is 358 g/mol. The number of likely N-dealkylation sites (N-methyl/N-ethyl adjacent to an activating group) is 1. The first-order valence-electron chi connectivity index (χ1n) is 9.00. The van der Waals surface area contributed by atoms with E-state index >= 15 is 0 Å². The highest BCUT2D eigenvalue weighted by atomic mass is 35.5. The number of carbonyl (C=O) groups excluding carboxylic acids is 1. The van der Waals surface area contributed by atoms with E-state index in [4.69, 9.17) is 11.6 Å². The van der Waals surface area contributed by atoms with E-state index in [0.29, 0.717) is 22.1 Å². The number of aromatic nitrogens is 2. The third-order valence-electron chi connectivity index (χ3n) is 4.79. The Kier molecular flexibility index (Phi) is 6.78. The van der Waals surface area contributed by atoms with Gasteiger partial charge in [-0.1, -0.05) is 42.6 Å². The Labute approximate surface area is 158 Å². The van der Waals surface area contributed by atoms with Crippen LogP contribution >= 0.6 is 23.4 Å². The number of halogens is 1. The average molecular weight is 384 g/mol. The molecule has 1 N–H and O–H groups in total. The van der Waals surface area contributed by atoms with Gasteiger partial charge in [0.1, 0.15) is 11.0 Å². The van der Waals surface area contributed by atoms with Gasteiger partial charge in [0.05, 0.1) is 5.75 Å². The van der Waals surface area contributed by atoms with Gasteiger partial charge in [-0.3, -0.25) is 4.79 Å². The van der Waals surface area contributed by atoms with Gasteiger partial charge in [-0.15, -0.1) is 0 Å². The van der Waals surface area contributed by atoms with Crippen molar-refractivity contribution >= 4 is 35.1 Å². The molecule has 0 bridgehead atoms. The minimum absolute atomic E-state index is 0.0571. The Morgan fingerprint density at radius 2 is 1.96 bits per heavy atom. The lowest BCUT2D eigenvalue weighted by molar-refractivity contribution is -0.119. The van der Waals surface area contributed by atoms with Crippen LogP contribution < -0.4 is 10.2 Å². The fraction of sp³-hybridized carbons (Fsp3) is 0.706. The molecule has 25 heavy (non-hydrogen) atoms. The third kappa shape index (κ3) is 5.72. The zero-order valence-corrected chi connectivity index (χ0v) is 16.3. The van der Waals surface area contributed by atoms with Gasteiger partial charge in [-0.05, 0) is 19.9 Å². The summed E-state index contributed by atoms with van der Waals surface area (Å²) in [6.45, 7) is 3.87. The van der Waals surface area contributed by atoms with Crippen molar-refractivity contribution in [2.24, 2.45) is 0 Å². The van der Waals surface area contributed by atoms with E-state index in [1.54, 1.807) is 6.07 Å². The molecule has 1 saturated heterocycles. The van der Waals surface area contributed by atoms with Crippen molar-refractivity contribution < 1.29 is 4.79 Å². The van der Waals surface area contributed by atoms with Gasteiger partial charge < -0.3 is 15.1 Å². The van der Waals surface area contributed by atoms with E-state index in [2.05, 4.69) is 32.1 Å². The summed E-state index contributed by atoms with van der Waals surface area (Å²) in [5, 5.41) is 4.12. The predicted molar refractivity (Wildman–Crippen MR) is 102 cm³/mol. The maximum Gasteiger partial charge on any atom is 0.230 e. The van der Waals surface area contributed by atoms with Gasteiger partial charge in [-0.25, -0.2) is 9.97 Å². The molecule has 0 radical (unpaired) electrons. The first-order valence-corrected chi connectivity index (χ1v) is 10.4. The van der Waals surface area contributed by atoms with Gasteiger partial charge in [0.15, 0.2) is 5.16 Å². The van der Waals surface area contributed by atoms with E-state index < -0.39 is 0 Å². The summed E-state index contributed by atoms with van der Waals surface area (Å²) in [6.07, 6.45) is 5.90. The summed E-state index contributed by atoms with van der Waals surface area (Å²) >= 11 is 7.52. The number of rotatable bonds is 5. The minimum atomic E-state index is 0.0571. The van der Waals surface area contributed by atoms with Crippen LogP contribution in [0.1, 0.15) is 32.1 Å². The number of nitrogens with zero attached hydrogens (tertiary/aromatic N) is 4. The highest BCUT2D eigenvalue weighted by Crippen LogP contribution is 2.23. The van der Waals surface area contributed by atoms with Crippen molar-refractivity contribution in [2.45, 2.75) is 43.3 Å². The second-order valence-corrected chi connectivity index (χ2v) is 8.14. The van der Waals surface area contributed by atoms with Crippen LogP contribution in [0.5, 0.6) is 0 Å². The number of hydrogen-bond acceptors (Lipinski definition) is 6. The molecule has 2 aliphatic rings. The van der Waals surface area contributed by atoms with Crippen molar-refractivity contribution in [1.29, 1.82) is 0 Å². The maximum atomic E-state index is 12.2. The normalized spacial score (nSPS) is 19.8. The van der Waals surface area contributed by atoms with Crippen LogP contribution in [0.4, 0.5) is 5.82 Å². The predicted octanol–water partition coefficient (Wildman–Crippen LogP) is 2.42. The number of thioether (sulfide) groups is 1. The molecule has 3 rings (SSSR count).